The average molecular weight is 359 g/mol. The molecule has 140 valence electrons. The zero-order valence-electron chi connectivity index (χ0n) is 15.2. The number of likely N-dealkylation sites (tertiary alicyclic amines) is 1. The number of carbonyl (C=O) groups is 1. The van der Waals surface area contributed by atoms with Gasteiger partial charge in [0.15, 0.2) is 11.5 Å². The first kappa shape index (κ1) is 18.3. The minimum Gasteiger partial charge on any atom is -0.493 e. The summed E-state index contributed by atoms with van der Waals surface area (Å²) in [6, 6.07) is 8.63. The summed E-state index contributed by atoms with van der Waals surface area (Å²) < 4.78 is 16.8. The van der Waals surface area contributed by atoms with Gasteiger partial charge in [-0.2, -0.15) is 0 Å². The number of rotatable bonds is 7. The van der Waals surface area contributed by atoms with E-state index in [0.717, 1.165) is 24.2 Å². The summed E-state index contributed by atoms with van der Waals surface area (Å²) in [6.45, 7) is 3.15. The van der Waals surface area contributed by atoms with Gasteiger partial charge >= 0.3 is 5.97 Å². The fraction of sp³-hybridized carbons (Fsp3) is 0.450. The average Bonchev–Trinajstić information content (AvgIpc) is 3.17. The number of nitrogens with zero attached hydrogens (tertiary/aromatic N) is 1. The molecular formula is C20H25NO5. The highest BCUT2D eigenvalue weighted by Gasteiger charge is 2.36. The highest BCUT2D eigenvalue weighted by Crippen LogP contribution is 2.38. The van der Waals surface area contributed by atoms with E-state index in [4.69, 9.17) is 13.9 Å². The largest absolute Gasteiger partial charge is 0.493 e. The van der Waals surface area contributed by atoms with Gasteiger partial charge in [0.2, 0.25) is 0 Å². The highest BCUT2D eigenvalue weighted by atomic mass is 16.5. The molecular weight excluding hydrogens is 334 g/mol. The molecule has 1 aromatic carbocycles. The summed E-state index contributed by atoms with van der Waals surface area (Å²) in [5, 5.41) is 9.71. The molecule has 1 N–H and O–H groups in total. The standard InChI is InChI=1S/C20H25NO5/c1-3-25-18-13-14(9-10-16(18)24-2)19(17-8-6-12-26-17)21-11-5-4-7-15(21)20(22)23/h6,8-10,12-13,15,19H,3-5,7,11H2,1-2H3,(H,22,23). The lowest BCUT2D eigenvalue weighted by atomic mass is 9.94. The van der Waals surface area contributed by atoms with Crippen LogP contribution in [-0.2, 0) is 4.79 Å². The lowest BCUT2D eigenvalue weighted by molar-refractivity contribution is -0.145. The molecule has 0 radical (unpaired) electrons. The first-order valence-electron chi connectivity index (χ1n) is 8.98. The number of methoxy groups -OCH3 is 1. The van der Waals surface area contributed by atoms with Crippen molar-refractivity contribution in [2.75, 3.05) is 20.3 Å². The summed E-state index contributed by atoms with van der Waals surface area (Å²) in [5.41, 5.74) is 0.928. The summed E-state index contributed by atoms with van der Waals surface area (Å²) >= 11 is 0. The maximum Gasteiger partial charge on any atom is 0.320 e. The summed E-state index contributed by atoms with van der Waals surface area (Å²) in [4.78, 5) is 13.8. The van der Waals surface area contributed by atoms with E-state index in [-0.39, 0.29) is 6.04 Å². The molecule has 2 unspecified atom stereocenters. The molecule has 1 aromatic heterocycles. The van der Waals surface area contributed by atoms with Crippen LogP contribution in [0.2, 0.25) is 0 Å². The number of carboxylic acid groups (broad SMARTS) is 1. The van der Waals surface area contributed by atoms with Crippen molar-refractivity contribution in [2.24, 2.45) is 0 Å². The van der Waals surface area contributed by atoms with E-state index in [0.29, 0.717) is 31.1 Å². The van der Waals surface area contributed by atoms with Gasteiger partial charge in [-0.1, -0.05) is 12.5 Å². The Kier molecular flexibility index (Phi) is 5.83. The second kappa shape index (κ2) is 8.27. The van der Waals surface area contributed by atoms with Gasteiger partial charge in [0, 0.05) is 6.54 Å². The fourth-order valence-corrected chi connectivity index (χ4v) is 3.63. The molecule has 0 bridgehead atoms. The molecule has 2 aromatic rings. The van der Waals surface area contributed by atoms with Crippen LogP contribution in [0.1, 0.15) is 43.6 Å². The fourth-order valence-electron chi connectivity index (χ4n) is 3.63. The number of benzene rings is 1. The molecule has 0 saturated carbocycles. The second-order valence-corrected chi connectivity index (χ2v) is 6.35. The molecule has 6 heteroatoms. The Bertz CT molecular complexity index is 728. The number of ether oxygens (including phenoxy) is 2. The van der Waals surface area contributed by atoms with Crippen LogP contribution in [0.15, 0.2) is 41.0 Å². The number of carboxylic acids is 1. The molecule has 1 saturated heterocycles. The van der Waals surface area contributed by atoms with Gasteiger partial charge in [0.05, 0.1) is 26.0 Å². The number of hydrogen-bond donors (Lipinski definition) is 1. The van der Waals surface area contributed by atoms with Crippen LogP contribution in [0.5, 0.6) is 11.5 Å². The van der Waals surface area contributed by atoms with E-state index < -0.39 is 12.0 Å². The summed E-state index contributed by atoms with van der Waals surface area (Å²) in [6.07, 6.45) is 4.15. The molecule has 2 heterocycles. The van der Waals surface area contributed by atoms with Gasteiger partial charge in [0.25, 0.3) is 0 Å². The van der Waals surface area contributed by atoms with Crippen molar-refractivity contribution in [3.63, 3.8) is 0 Å². The topological polar surface area (TPSA) is 72.1 Å². The van der Waals surface area contributed by atoms with Crippen molar-refractivity contribution >= 4 is 5.97 Å². The van der Waals surface area contributed by atoms with Crippen molar-refractivity contribution in [2.45, 2.75) is 38.3 Å². The minimum absolute atomic E-state index is 0.281. The van der Waals surface area contributed by atoms with Crippen LogP contribution in [-0.4, -0.2) is 42.3 Å². The van der Waals surface area contributed by atoms with Crippen LogP contribution >= 0.6 is 0 Å². The lowest BCUT2D eigenvalue weighted by Crippen LogP contribution is -2.46. The molecule has 1 aliphatic rings. The van der Waals surface area contributed by atoms with Gasteiger partial charge in [-0.15, -0.1) is 0 Å². The van der Waals surface area contributed by atoms with E-state index in [2.05, 4.69) is 0 Å². The SMILES string of the molecule is CCOc1cc(C(c2ccco2)N2CCCCC2C(=O)O)ccc1OC. The summed E-state index contributed by atoms with van der Waals surface area (Å²) in [5.74, 6) is 1.24. The van der Waals surface area contributed by atoms with Crippen LogP contribution < -0.4 is 9.47 Å². The minimum atomic E-state index is -0.792. The zero-order chi connectivity index (χ0) is 18.5. The second-order valence-electron chi connectivity index (χ2n) is 6.35. The van der Waals surface area contributed by atoms with E-state index >= 15 is 0 Å². The zero-order valence-corrected chi connectivity index (χ0v) is 15.2. The van der Waals surface area contributed by atoms with E-state index in [9.17, 15) is 9.90 Å². The van der Waals surface area contributed by atoms with Gasteiger partial charge in [-0.3, -0.25) is 9.69 Å². The van der Waals surface area contributed by atoms with Gasteiger partial charge in [0.1, 0.15) is 11.8 Å². The van der Waals surface area contributed by atoms with Crippen molar-refractivity contribution in [1.82, 2.24) is 4.90 Å². The van der Waals surface area contributed by atoms with Crippen LogP contribution in [0, 0.1) is 0 Å². The third-order valence-corrected chi connectivity index (χ3v) is 4.78. The van der Waals surface area contributed by atoms with E-state index in [1.165, 1.54) is 0 Å². The Balaban J connectivity index is 2.04. The number of furan rings is 1. The lowest BCUT2D eigenvalue weighted by Gasteiger charge is -2.38. The Labute approximate surface area is 153 Å². The number of hydrogen-bond acceptors (Lipinski definition) is 5. The van der Waals surface area contributed by atoms with Crippen molar-refractivity contribution in [3.05, 3.63) is 47.9 Å². The van der Waals surface area contributed by atoms with Gasteiger partial charge < -0.3 is 19.0 Å². The van der Waals surface area contributed by atoms with Crippen molar-refractivity contribution in [3.8, 4) is 11.5 Å². The Hall–Kier alpha value is -2.47. The van der Waals surface area contributed by atoms with Crippen molar-refractivity contribution < 1.29 is 23.8 Å². The number of piperidine rings is 1. The van der Waals surface area contributed by atoms with Gasteiger partial charge in [-0.25, -0.2) is 0 Å². The quantitative estimate of drug-likeness (QED) is 0.812. The highest BCUT2D eigenvalue weighted by molar-refractivity contribution is 5.73. The molecule has 0 amide bonds. The monoisotopic (exact) mass is 359 g/mol. The maximum atomic E-state index is 11.8. The molecule has 1 fully saturated rings. The third kappa shape index (κ3) is 3.70. The smallest absolute Gasteiger partial charge is 0.320 e. The Morgan fingerprint density at radius 3 is 2.85 bits per heavy atom. The molecule has 3 rings (SSSR count). The predicted molar refractivity (Wildman–Crippen MR) is 96.7 cm³/mol. The van der Waals surface area contributed by atoms with Gasteiger partial charge in [-0.05, 0) is 49.6 Å². The third-order valence-electron chi connectivity index (χ3n) is 4.78. The molecule has 6 nitrogen and oxygen atoms in total. The first-order chi connectivity index (χ1) is 12.7. The molecule has 1 aliphatic heterocycles. The van der Waals surface area contributed by atoms with Crippen molar-refractivity contribution in [1.29, 1.82) is 0 Å². The van der Waals surface area contributed by atoms with Crippen LogP contribution in [0.25, 0.3) is 0 Å². The summed E-state index contributed by atoms with van der Waals surface area (Å²) in [7, 11) is 1.60. The molecule has 2 atom stereocenters. The maximum absolute atomic E-state index is 11.8. The Morgan fingerprint density at radius 1 is 1.35 bits per heavy atom. The normalized spacial score (nSPS) is 19.1. The Morgan fingerprint density at radius 2 is 2.19 bits per heavy atom. The van der Waals surface area contributed by atoms with Crippen LogP contribution in [0.4, 0.5) is 0 Å². The van der Waals surface area contributed by atoms with Crippen LogP contribution in [0.3, 0.4) is 0 Å². The molecule has 26 heavy (non-hydrogen) atoms. The van der Waals surface area contributed by atoms with E-state index in [1.54, 1.807) is 13.4 Å². The predicted octanol–water partition coefficient (Wildman–Crippen LogP) is 3.72. The molecule has 0 spiro atoms. The van der Waals surface area contributed by atoms with E-state index in [1.807, 2.05) is 42.2 Å². The first-order valence-corrected chi connectivity index (χ1v) is 8.98. The molecule has 0 aliphatic carbocycles. The number of aliphatic carboxylic acids is 1.